The molecule has 4 nitrogen and oxygen atoms in total. The van der Waals surface area contributed by atoms with Crippen LogP contribution in [0.3, 0.4) is 0 Å². The van der Waals surface area contributed by atoms with Crippen molar-refractivity contribution in [3.8, 4) is 0 Å². The van der Waals surface area contributed by atoms with E-state index in [1.807, 2.05) is 0 Å². The van der Waals surface area contributed by atoms with Gasteiger partial charge in [0.25, 0.3) is 0 Å². The van der Waals surface area contributed by atoms with Crippen molar-refractivity contribution < 1.29 is 47.0 Å². The van der Waals surface area contributed by atoms with E-state index in [4.69, 9.17) is 5.73 Å². The average Bonchev–Trinajstić information content (AvgIpc) is 1.86. The normalized spacial score (nSPS) is 12.7. The molecular weight excluding hydrogens is 235 g/mol. The quantitative estimate of drug-likeness (QED) is 0.554. The number of rotatable bonds is 4. The van der Waals surface area contributed by atoms with E-state index in [1.54, 1.807) is 6.92 Å². The van der Waals surface area contributed by atoms with Crippen LogP contribution in [0, 0.1) is 0 Å². The average molecular weight is 245 g/mol. The zero-order chi connectivity index (χ0) is 8.85. The predicted octanol–water partition coefficient (Wildman–Crippen LogP) is -0.112. The van der Waals surface area contributed by atoms with E-state index in [1.165, 1.54) is 19.5 Å². The first-order chi connectivity index (χ1) is 5.07. The zero-order valence-corrected chi connectivity index (χ0v) is 9.87. The standard InChI is InChI=1S/C7H10NO3.Y/c1-5(10)3-7(8)6(2)11-4-9;/h3,6H,8H2,1-2H3;/q-1;/b7-3-;. The summed E-state index contributed by atoms with van der Waals surface area (Å²) in [4.78, 5) is 20.1. The monoisotopic (exact) mass is 245 g/mol. The number of nitrogens with two attached hydrogens (primary N) is 1. The van der Waals surface area contributed by atoms with Gasteiger partial charge in [-0.05, 0) is 13.8 Å². The van der Waals surface area contributed by atoms with Gasteiger partial charge < -0.3 is 15.3 Å². The first kappa shape index (κ1) is 14.3. The van der Waals surface area contributed by atoms with E-state index < -0.39 is 6.10 Å². The van der Waals surface area contributed by atoms with Crippen LogP contribution < -0.4 is 5.73 Å². The van der Waals surface area contributed by atoms with E-state index in [2.05, 4.69) is 4.74 Å². The topological polar surface area (TPSA) is 69.4 Å². The number of carbonyl (C=O) groups excluding carboxylic acids is 2. The summed E-state index contributed by atoms with van der Waals surface area (Å²) < 4.78 is 4.35. The van der Waals surface area contributed by atoms with Gasteiger partial charge in [-0.1, -0.05) is 6.47 Å². The van der Waals surface area contributed by atoms with Gasteiger partial charge in [-0.25, -0.2) is 0 Å². The van der Waals surface area contributed by atoms with E-state index in [9.17, 15) is 9.59 Å². The van der Waals surface area contributed by atoms with Gasteiger partial charge >= 0.3 is 0 Å². The minimum Gasteiger partial charge on any atom is -0.647 e. The Bertz CT molecular complexity index is 191. The Hall–Kier alpha value is -0.216. The summed E-state index contributed by atoms with van der Waals surface area (Å²) in [5, 5.41) is 0. The van der Waals surface area contributed by atoms with Crippen molar-refractivity contribution in [1.82, 2.24) is 0 Å². The second kappa shape index (κ2) is 7.43. The van der Waals surface area contributed by atoms with Gasteiger partial charge in [0.1, 0.15) is 0 Å². The summed E-state index contributed by atoms with van der Waals surface area (Å²) in [6, 6.07) is 0. The molecule has 1 radical (unpaired) electrons. The van der Waals surface area contributed by atoms with Crippen LogP contribution in [0.5, 0.6) is 0 Å². The molecular formula is C7H10NO3Y-. The van der Waals surface area contributed by atoms with Crippen molar-refractivity contribution in [2.75, 3.05) is 0 Å². The number of carbonyl (C=O) groups is 1. The largest absolute Gasteiger partial charge is 0.647 e. The predicted molar refractivity (Wildman–Crippen MR) is 39.2 cm³/mol. The van der Waals surface area contributed by atoms with Crippen LogP contribution in [0.1, 0.15) is 13.8 Å². The molecule has 1 unspecified atom stereocenters. The van der Waals surface area contributed by atoms with Crippen LogP contribution in [-0.4, -0.2) is 18.4 Å². The van der Waals surface area contributed by atoms with Crippen LogP contribution in [0.25, 0.3) is 0 Å². The fourth-order valence-electron chi connectivity index (χ4n) is 0.492. The fraction of sp³-hybridized carbons (Fsp3) is 0.429. The molecule has 5 heteroatoms. The molecule has 0 aromatic carbocycles. The summed E-state index contributed by atoms with van der Waals surface area (Å²) >= 11 is 0. The summed E-state index contributed by atoms with van der Waals surface area (Å²) in [5.74, 6) is -0.177. The van der Waals surface area contributed by atoms with E-state index in [0.717, 1.165) is 0 Å². The third-order valence-corrected chi connectivity index (χ3v) is 1.06. The molecule has 0 fully saturated rings. The molecule has 1 atom stereocenters. The van der Waals surface area contributed by atoms with Gasteiger partial charge in [0.05, 0.1) is 6.10 Å². The van der Waals surface area contributed by atoms with Crippen LogP contribution in [0.4, 0.5) is 0 Å². The molecule has 12 heavy (non-hydrogen) atoms. The Morgan fingerprint density at radius 1 is 1.67 bits per heavy atom. The third-order valence-electron chi connectivity index (χ3n) is 1.06. The minimum absolute atomic E-state index is 0. The fourth-order valence-corrected chi connectivity index (χ4v) is 0.492. The van der Waals surface area contributed by atoms with E-state index in [-0.39, 0.29) is 44.2 Å². The Morgan fingerprint density at radius 2 is 2.17 bits per heavy atom. The molecule has 0 bridgehead atoms. The Balaban J connectivity index is 0. The molecule has 2 N–H and O–H groups in total. The number of ketones is 1. The van der Waals surface area contributed by atoms with Crippen molar-refractivity contribution in [2.45, 2.75) is 20.0 Å². The molecule has 0 aliphatic carbocycles. The van der Waals surface area contributed by atoms with Crippen LogP contribution in [0.15, 0.2) is 11.8 Å². The second-order valence-electron chi connectivity index (χ2n) is 2.10. The molecule has 0 rings (SSSR count). The smallest absolute Gasteiger partial charge is 0.154 e. The first-order valence-corrected chi connectivity index (χ1v) is 3.08. The maximum Gasteiger partial charge on any atom is 0.154 e. The van der Waals surface area contributed by atoms with Crippen molar-refractivity contribution in [3.05, 3.63) is 11.8 Å². The zero-order valence-electron chi connectivity index (χ0n) is 7.03. The first-order valence-electron chi connectivity index (χ1n) is 3.08. The number of hydrogen-bond donors (Lipinski definition) is 1. The van der Waals surface area contributed by atoms with Crippen molar-refractivity contribution in [1.29, 1.82) is 0 Å². The molecule has 0 heterocycles. The van der Waals surface area contributed by atoms with Gasteiger partial charge in [-0.15, -0.1) is 0 Å². The molecule has 0 aromatic rings. The summed E-state index contributed by atoms with van der Waals surface area (Å²) in [6.07, 6.45) is 0.624. The number of allylic oxidation sites excluding steroid dienone is 1. The molecule has 0 aliphatic heterocycles. The molecule has 0 aliphatic rings. The number of hydrogen-bond acceptors (Lipinski definition) is 4. The van der Waals surface area contributed by atoms with Gasteiger partial charge in [0.15, 0.2) is 5.78 Å². The second-order valence-corrected chi connectivity index (χ2v) is 2.10. The number of ether oxygens (including phenoxy) is 1. The summed E-state index contributed by atoms with van der Waals surface area (Å²) in [7, 11) is 0. The Morgan fingerprint density at radius 3 is 2.50 bits per heavy atom. The Kier molecular flexibility index (Phi) is 8.87. The van der Waals surface area contributed by atoms with Gasteiger partial charge in [-0.2, -0.15) is 0 Å². The van der Waals surface area contributed by atoms with Gasteiger partial charge in [-0.3, -0.25) is 4.79 Å². The maximum atomic E-state index is 10.5. The maximum absolute atomic E-state index is 10.5. The molecule has 0 spiro atoms. The van der Waals surface area contributed by atoms with E-state index in [0.29, 0.717) is 0 Å². The molecule has 0 aromatic heterocycles. The Labute approximate surface area is 96.4 Å². The van der Waals surface area contributed by atoms with Gasteiger partial charge in [0.2, 0.25) is 0 Å². The van der Waals surface area contributed by atoms with E-state index >= 15 is 0 Å². The summed E-state index contributed by atoms with van der Waals surface area (Å²) in [5.41, 5.74) is 5.56. The molecule has 0 saturated carbocycles. The van der Waals surface area contributed by atoms with Crippen LogP contribution in [0.2, 0.25) is 0 Å². The van der Waals surface area contributed by atoms with Crippen LogP contribution in [-0.2, 0) is 47.0 Å². The molecule has 0 amide bonds. The molecule has 0 saturated heterocycles. The van der Waals surface area contributed by atoms with Crippen molar-refractivity contribution in [3.63, 3.8) is 0 Å². The van der Waals surface area contributed by atoms with Crippen molar-refractivity contribution in [2.24, 2.45) is 5.73 Å². The third kappa shape index (κ3) is 6.49. The summed E-state index contributed by atoms with van der Waals surface area (Å²) in [6.45, 7) is 4.16. The van der Waals surface area contributed by atoms with Gasteiger partial charge in [0, 0.05) is 44.5 Å². The SMILES string of the molecule is CC(=O)/C=C(\N)C(C)O[C-]=O.[Y]. The van der Waals surface area contributed by atoms with Crippen LogP contribution >= 0.6 is 0 Å². The van der Waals surface area contributed by atoms with Crippen molar-refractivity contribution >= 4 is 12.3 Å². The minimum atomic E-state index is -0.587. The molecule has 65 valence electrons.